The van der Waals surface area contributed by atoms with Crippen LogP contribution in [0.4, 0.5) is 11.5 Å². The minimum Gasteiger partial charge on any atom is -0.486 e. The van der Waals surface area contributed by atoms with Gasteiger partial charge in [0.1, 0.15) is 18.1 Å². The van der Waals surface area contributed by atoms with Crippen molar-refractivity contribution in [1.82, 2.24) is 9.97 Å². The Bertz CT molecular complexity index is 1580. The van der Waals surface area contributed by atoms with E-state index in [1.54, 1.807) is 12.1 Å². The Morgan fingerprint density at radius 2 is 1.74 bits per heavy atom. The second-order valence-corrected chi connectivity index (χ2v) is 10.4. The maximum Gasteiger partial charge on any atom is 0.321 e. The summed E-state index contributed by atoms with van der Waals surface area (Å²) in [5, 5.41) is 2.69. The summed E-state index contributed by atoms with van der Waals surface area (Å²) in [5.74, 6) is 1.00. The Labute approximate surface area is 225 Å². The number of benzene rings is 2. The number of hydrogen-bond acceptors (Lipinski definition) is 9. The predicted molar refractivity (Wildman–Crippen MR) is 142 cm³/mol. The molecule has 0 aliphatic heterocycles. The highest BCUT2D eigenvalue weighted by atomic mass is 32.2. The van der Waals surface area contributed by atoms with Crippen molar-refractivity contribution in [3.63, 3.8) is 0 Å². The van der Waals surface area contributed by atoms with E-state index in [0.29, 0.717) is 11.4 Å². The number of anilines is 2. The SMILES string of the molecule is COc1cc(NS(=O)(=O)c2ccc(NC(=O)c3ccc(COc4ccc5c(c4)CCC5)o3)cc2)nc(OC)n1. The van der Waals surface area contributed by atoms with E-state index in [1.165, 1.54) is 62.1 Å². The molecule has 1 amide bonds. The molecular formula is C27H26N4O7S. The van der Waals surface area contributed by atoms with E-state index in [-0.39, 0.29) is 35.0 Å². The summed E-state index contributed by atoms with van der Waals surface area (Å²) in [5.41, 5.74) is 3.07. The predicted octanol–water partition coefficient (Wildman–Crippen LogP) is 4.21. The minimum absolute atomic E-state index is 0.0233. The number of nitrogens with one attached hydrogen (secondary N) is 2. The lowest BCUT2D eigenvalue weighted by Crippen LogP contribution is -2.15. The van der Waals surface area contributed by atoms with E-state index in [2.05, 4.69) is 32.1 Å². The number of methoxy groups -OCH3 is 2. The largest absolute Gasteiger partial charge is 0.486 e. The monoisotopic (exact) mass is 550 g/mol. The van der Waals surface area contributed by atoms with Crippen LogP contribution in [-0.2, 0) is 29.5 Å². The molecule has 11 nitrogen and oxygen atoms in total. The summed E-state index contributed by atoms with van der Waals surface area (Å²) in [6.45, 7) is 0.190. The van der Waals surface area contributed by atoms with Crippen LogP contribution in [0.5, 0.6) is 17.6 Å². The van der Waals surface area contributed by atoms with E-state index in [4.69, 9.17) is 18.6 Å². The van der Waals surface area contributed by atoms with E-state index >= 15 is 0 Å². The standard InChI is InChI=1S/C27H26N4O7S/c1-35-25-15-24(29-27(30-25)36-2)31-39(33,34)22-11-7-19(8-12-22)28-26(32)23-13-10-21(38-23)16-37-20-9-6-17-4-3-5-18(17)14-20/h6-15H,3-5,16H2,1-2H3,(H,28,32)(H,29,30,31). The van der Waals surface area contributed by atoms with Gasteiger partial charge in [-0.25, -0.2) is 8.42 Å². The van der Waals surface area contributed by atoms with Gasteiger partial charge in [0.2, 0.25) is 5.88 Å². The number of carbonyl (C=O) groups is 1. The summed E-state index contributed by atoms with van der Waals surface area (Å²) < 4.78 is 49.4. The lowest BCUT2D eigenvalue weighted by molar-refractivity contribution is 0.0992. The minimum atomic E-state index is -3.99. The van der Waals surface area contributed by atoms with Crippen LogP contribution in [0.3, 0.4) is 0 Å². The molecule has 0 atom stereocenters. The number of ether oxygens (including phenoxy) is 3. The molecule has 1 aliphatic rings. The van der Waals surface area contributed by atoms with Crippen molar-refractivity contribution >= 4 is 27.4 Å². The molecule has 0 radical (unpaired) electrons. The van der Waals surface area contributed by atoms with Crippen molar-refractivity contribution in [2.75, 3.05) is 24.3 Å². The van der Waals surface area contributed by atoms with Gasteiger partial charge in [0.25, 0.3) is 15.9 Å². The zero-order chi connectivity index (χ0) is 27.4. The zero-order valence-corrected chi connectivity index (χ0v) is 22.1. The number of sulfonamides is 1. The topological polar surface area (TPSA) is 142 Å². The first kappa shape index (κ1) is 26.0. The van der Waals surface area contributed by atoms with E-state index in [1.807, 2.05) is 6.07 Å². The molecule has 2 N–H and O–H groups in total. The molecule has 1 aliphatic carbocycles. The van der Waals surface area contributed by atoms with Crippen LogP contribution in [0, 0.1) is 0 Å². The molecule has 39 heavy (non-hydrogen) atoms. The maximum absolute atomic E-state index is 12.8. The van der Waals surface area contributed by atoms with E-state index < -0.39 is 15.9 Å². The molecule has 12 heteroatoms. The Balaban J connectivity index is 1.19. The summed E-state index contributed by atoms with van der Waals surface area (Å²) in [6.07, 6.45) is 3.34. The Hall–Kier alpha value is -4.58. The summed E-state index contributed by atoms with van der Waals surface area (Å²) in [7, 11) is -1.24. The van der Waals surface area contributed by atoms with Gasteiger partial charge in [-0.1, -0.05) is 6.07 Å². The molecule has 2 aromatic carbocycles. The number of aromatic nitrogens is 2. The van der Waals surface area contributed by atoms with Crippen LogP contribution in [0.25, 0.3) is 0 Å². The Morgan fingerprint density at radius 1 is 0.949 bits per heavy atom. The lowest BCUT2D eigenvalue weighted by Gasteiger charge is -2.10. The Kier molecular flexibility index (Phi) is 7.37. The van der Waals surface area contributed by atoms with Crippen molar-refractivity contribution in [1.29, 1.82) is 0 Å². The van der Waals surface area contributed by atoms with Gasteiger partial charge in [-0.15, -0.1) is 0 Å². The summed E-state index contributed by atoms with van der Waals surface area (Å²) >= 11 is 0. The summed E-state index contributed by atoms with van der Waals surface area (Å²) in [4.78, 5) is 20.5. The summed E-state index contributed by atoms with van der Waals surface area (Å²) in [6, 6.07) is 16.2. The highest BCUT2D eigenvalue weighted by Crippen LogP contribution is 2.27. The number of hydrogen-bond donors (Lipinski definition) is 2. The third-order valence-electron chi connectivity index (χ3n) is 6.07. The number of amides is 1. The van der Waals surface area contributed by atoms with Gasteiger partial charge in [0, 0.05) is 11.8 Å². The highest BCUT2D eigenvalue weighted by molar-refractivity contribution is 7.92. The second kappa shape index (κ2) is 11.0. The van der Waals surface area contributed by atoms with Gasteiger partial charge in [0.05, 0.1) is 19.1 Å². The molecule has 0 saturated heterocycles. The van der Waals surface area contributed by atoms with Crippen LogP contribution in [-0.4, -0.2) is 38.5 Å². The quantitative estimate of drug-likeness (QED) is 0.297. The number of aryl methyl sites for hydroxylation is 2. The van der Waals surface area contributed by atoms with Gasteiger partial charge in [-0.2, -0.15) is 9.97 Å². The molecule has 2 heterocycles. The van der Waals surface area contributed by atoms with Crippen LogP contribution in [0.1, 0.15) is 33.9 Å². The van der Waals surface area contributed by atoms with Crippen LogP contribution in [0.15, 0.2) is 70.0 Å². The highest BCUT2D eigenvalue weighted by Gasteiger charge is 2.18. The fourth-order valence-corrected chi connectivity index (χ4v) is 5.12. The molecule has 202 valence electrons. The zero-order valence-electron chi connectivity index (χ0n) is 21.3. The van der Waals surface area contributed by atoms with Gasteiger partial charge in [-0.05, 0) is 78.9 Å². The molecular weight excluding hydrogens is 524 g/mol. The lowest BCUT2D eigenvalue weighted by atomic mass is 10.1. The van der Waals surface area contributed by atoms with Crippen molar-refractivity contribution in [3.8, 4) is 17.6 Å². The average molecular weight is 551 g/mol. The molecule has 4 aromatic rings. The third kappa shape index (κ3) is 6.12. The van der Waals surface area contributed by atoms with Gasteiger partial charge in [-0.3, -0.25) is 9.52 Å². The first-order chi connectivity index (χ1) is 18.8. The van der Waals surface area contributed by atoms with Crippen LogP contribution >= 0.6 is 0 Å². The van der Waals surface area contributed by atoms with E-state index in [0.717, 1.165) is 18.6 Å². The molecule has 0 saturated carbocycles. The number of nitrogens with zero attached hydrogens (tertiary/aromatic N) is 2. The van der Waals surface area contributed by atoms with Crippen molar-refractivity contribution in [2.45, 2.75) is 30.8 Å². The fourth-order valence-electron chi connectivity index (χ4n) is 4.13. The second-order valence-electron chi connectivity index (χ2n) is 8.70. The molecule has 0 fully saturated rings. The number of carbonyl (C=O) groups excluding carboxylic acids is 1. The van der Waals surface area contributed by atoms with Crippen molar-refractivity contribution < 1.29 is 31.8 Å². The molecule has 0 spiro atoms. The average Bonchev–Trinajstić information content (AvgIpc) is 3.61. The molecule has 0 bridgehead atoms. The first-order valence-electron chi connectivity index (χ1n) is 12.1. The molecule has 0 unspecified atom stereocenters. The first-order valence-corrected chi connectivity index (χ1v) is 13.6. The smallest absolute Gasteiger partial charge is 0.321 e. The van der Waals surface area contributed by atoms with Crippen molar-refractivity contribution in [2.24, 2.45) is 0 Å². The van der Waals surface area contributed by atoms with Crippen molar-refractivity contribution in [3.05, 3.63) is 83.3 Å². The fraction of sp³-hybridized carbons (Fsp3) is 0.222. The van der Waals surface area contributed by atoms with Gasteiger partial charge in [0.15, 0.2) is 11.6 Å². The van der Waals surface area contributed by atoms with E-state index in [9.17, 15) is 13.2 Å². The van der Waals surface area contributed by atoms with Gasteiger partial charge >= 0.3 is 6.01 Å². The number of furan rings is 1. The van der Waals surface area contributed by atoms with Crippen LogP contribution in [0.2, 0.25) is 0 Å². The molecule has 2 aromatic heterocycles. The number of fused-ring (bicyclic) bond motifs is 1. The van der Waals surface area contributed by atoms with Crippen LogP contribution < -0.4 is 24.2 Å². The number of rotatable bonds is 10. The maximum atomic E-state index is 12.8. The molecule has 5 rings (SSSR count). The third-order valence-corrected chi connectivity index (χ3v) is 7.44. The normalized spacial score (nSPS) is 12.5. The Morgan fingerprint density at radius 3 is 2.51 bits per heavy atom. The van der Waals surface area contributed by atoms with Gasteiger partial charge < -0.3 is 23.9 Å².